The summed E-state index contributed by atoms with van der Waals surface area (Å²) in [5.74, 6) is 0.851. The fraction of sp³-hybridized carbons (Fsp3) is 0.0714. The van der Waals surface area contributed by atoms with Crippen molar-refractivity contribution in [3.63, 3.8) is 0 Å². The first kappa shape index (κ1) is 12.4. The van der Waals surface area contributed by atoms with Gasteiger partial charge in [-0.2, -0.15) is 0 Å². The van der Waals surface area contributed by atoms with Gasteiger partial charge in [-0.3, -0.25) is 0 Å². The summed E-state index contributed by atoms with van der Waals surface area (Å²) >= 11 is 5.12. The normalized spacial score (nSPS) is 10.6. The summed E-state index contributed by atoms with van der Waals surface area (Å²) in [5.41, 5.74) is 1.98. The molecule has 0 saturated carbocycles. The summed E-state index contributed by atoms with van der Waals surface area (Å²) in [5, 5.41) is 4.19. The van der Waals surface area contributed by atoms with Gasteiger partial charge in [0, 0.05) is 4.47 Å². The molecule has 2 aromatic carbocycles. The average Bonchev–Trinajstić information content (AvgIpc) is 2.82. The molecule has 0 amide bonds. The maximum atomic E-state index is 5.22. The van der Waals surface area contributed by atoms with Crippen LogP contribution in [0.15, 0.2) is 46.9 Å². The van der Waals surface area contributed by atoms with Crippen LogP contribution in [0.5, 0.6) is 5.75 Å². The van der Waals surface area contributed by atoms with E-state index in [-0.39, 0.29) is 0 Å². The summed E-state index contributed by atoms with van der Waals surface area (Å²) in [7, 11) is 1.67. The summed E-state index contributed by atoms with van der Waals surface area (Å²) < 4.78 is 7.35. The van der Waals surface area contributed by atoms with Gasteiger partial charge in [-0.05, 0) is 46.3 Å². The maximum absolute atomic E-state index is 5.22. The SMILES string of the molecule is COc1ccc2nc(Nc3ccccc3Br)sc2c1. The smallest absolute Gasteiger partial charge is 0.188 e. The molecule has 19 heavy (non-hydrogen) atoms. The molecule has 1 N–H and O–H groups in total. The van der Waals surface area contributed by atoms with Crippen LogP contribution in [0.2, 0.25) is 0 Å². The Morgan fingerprint density at radius 1 is 1.21 bits per heavy atom. The molecule has 0 saturated heterocycles. The second-order valence-electron chi connectivity index (χ2n) is 3.96. The molecule has 5 heteroatoms. The van der Waals surface area contributed by atoms with Crippen molar-refractivity contribution in [1.82, 2.24) is 4.98 Å². The molecule has 1 heterocycles. The fourth-order valence-corrected chi connectivity index (χ4v) is 3.05. The van der Waals surface area contributed by atoms with Gasteiger partial charge in [0.25, 0.3) is 0 Å². The van der Waals surface area contributed by atoms with Gasteiger partial charge in [-0.25, -0.2) is 4.98 Å². The number of nitrogens with one attached hydrogen (secondary N) is 1. The number of hydrogen-bond acceptors (Lipinski definition) is 4. The number of fused-ring (bicyclic) bond motifs is 1. The number of rotatable bonds is 3. The number of ether oxygens (including phenoxy) is 1. The lowest BCUT2D eigenvalue weighted by molar-refractivity contribution is 0.415. The number of methoxy groups -OCH3 is 1. The highest BCUT2D eigenvalue weighted by Crippen LogP contribution is 2.32. The monoisotopic (exact) mass is 334 g/mol. The highest BCUT2D eigenvalue weighted by Gasteiger charge is 2.06. The molecule has 96 valence electrons. The van der Waals surface area contributed by atoms with E-state index in [0.29, 0.717) is 0 Å². The minimum atomic E-state index is 0.851. The number of halogens is 1. The lowest BCUT2D eigenvalue weighted by Crippen LogP contribution is -1.89. The summed E-state index contributed by atoms with van der Waals surface area (Å²) in [6.45, 7) is 0. The van der Waals surface area contributed by atoms with Gasteiger partial charge in [0.1, 0.15) is 5.75 Å². The number of thiazole rings is 1. The highest BCUT2D eigenvalue weighted by atomic mass is 79.9. The highest BCUT2D eigenvalue weighted by molar-refractivity contribution is 9.10. The third kappa shape index (κ3) is 2.57. The largest absolute Gasteiger partial charge is 0.497 e. The molecule has 3 nitrogen and oxygen atoms in total. The van der Waals surface area contributed by atoms with Crippen LogP contribution in [-0.2, 0) is 0 Å². The van der Waals surface area contributed by atoms with Gasteiger partial charge in [0.2, 0.25) is 0 Å². The summed E-state index contributed by atoms with van der Waals surface area (Å²) in [6, 6.07) is 13.9. The van der Waals surface area contributed by atoms with E-state index in [1.807, 2.05) is 42.5 Å². The number of nitrogens with zero attached hydrogens (tertiary/aromatic N) is 1. The molecule has 0 atom stereocenters. The van der Waals surface area contributed by atoms with Crippen LogP contribution in [0.1, 0.15) is 0 Å². The minimum Gasteiger partial charge on any atom is -0.497 e. The lowest BCUT2D eigenvalue weighted by Gasteiger charge is -2.03. The Morgan fingerprint density at radius 2 is 2.05 bits per heavy atom. The van der Waals surface area contributed by atoms with E-state index in [9.17, 15) is 0 Å². The molecule has 0 aliphatic rings. The molecular weight excluding hydrogens is 324 g/mol. The van der Waals surface area contributed by atoms with Crippen LogP contribution in [-0.4, -0.2) is 12.1 Å². The number of aromatic nitrogens is 1. The Bertz CT molecular complexity index is 726. The van der Waals surface area contributed by atoms with E-state index in [1.54, 1.807) is 18.4 Å². The van der Waals surface area contributed by atoms with Crippen LogP contribution in [0.25, 0.3) is 10.2 Å². The van der Waals surface area contributed by atoms with Crippen LogP contribution in [0.3, 0.4) is 0 Å². The molecule has 0 bridgehead atoms. The van der Waals surface area contributed by atoms with Crippen LogP contribution >= 0.6 is 27.3 Å². The van der Waals surface area contributed by atoms with E-state index in [1.165, 1.54) is 0 Å². The third-order valence-corrected chi connectivity index (χ3v) is 4.34. The Hall–Kier alpha value is -1.59. The van der Waals surface area contributed by atoms with Crippen LogP contribution < -0.4 is 10.1 Å². The molecular formula is C14H11BrN2OS. The van der Waals surface area contributed by atoms with Crippen LogP contribution in [0.4, 0.5) is 10.8 Å². The van der Waals surface area contributed by atoms with Crippen molar-refractivity contribution < 1.29 is 4.74 Å². The summed E-state index contributed by atoms with van der Waals surface area (Å²) in [4.78, 5) is 4.56. The van der Waals surface area contributed by atoms with E-state index >= 15 is 0 Å². The van der Waals surface area contributed by atoms with E-state index in [2.05, 4.69) is 26.2 Å². The van der Waals surface area contributed by atoms with E-state index < -0.39 is 0 Å². The molecule has 1 aromatic heterocycles. The molecule has 0 unspecified atom stereocenters. The van der Waals surface area contributed by atoms with Gasteiger partial charge >= 0.3 is 0 Å². The first-order chi connectivity index (χ1) is 9.26. The predicted molar refractivity (Wildman–Crippen MR) is 83.6 cm³/mol. The quantitative estimate of drug-likeness (QED) is 0.746. The van der Waals surface area contributed by atoms with Crippen LogP contribution in [0, 0.1) is 0 Å². The number of para-hydroxylation sites is 1. The average molecular weight is 335 g/mol. The second-order valence-corrected chi connectivity index (χ2v) is 5.84. The van der Waals surface area contributed by atoms with Gasteiger partial charge < -0.3 is 10.1 Å². The topological polar surface area (TPSA) is 34.1 Å². The van der Waals surface area contributed by atoms with Crippen molar-refractivity contribution in [1.29, 1.82) is 0 Å². The first-order valence-corrected chi connectivity index (χ1v) is 7.33. The standard InChI is InChI=1S/C14H11BrN2OS/c1-18-9-6-7-12-13(8-9)19-14(17-12)16-11-5-3-2-4-10(11)15/h2-8H,1H3,(H,16,17). The van der Waals surface area contributed by atoms with Crippen molar-refractivity contribution in [2.24, 2.45) is 0 Å². The Kier molecular flexibility index (Phi) is 3.40. The lowest BCUT2D eigenvalue weighted by atomic mass is 10.3. The Balaban J connectivity index is 1.95. The van der Waals surface area contributed by atoms with Crippen molar-refractivity contribution >= 4 is 48.3 Å². The molecule has 0 aliphatic carbocycles. The Labute approximate surface area is 123 Å². The van der Waals surface area contributed by atoms with Gasteiger partial charge in [-0.1, -0.05) is 23.5 Å². The van der Waals surface area contributed by atoms with E-state index in [4.69, 9.17) is 4.74 Å². The molecule has 0 aliphatic heterocycles. The number of hydrogen-bond donors (Lipinski definition) is 1. The van der Waals surface area contributed by atoms with E-state index in [0.717, 1.165) is 31.3 Å². The molecule has 0 fully saturated rings. The molecule has 3 aromatic rings. The minimum absolute atomic E-state index is 0.851. The van der Waals surface area contributed by atoms with Gasteiger partial charge in [-0.15, -0.1) is 0 Å². The fourth-order valence-electron chi connectivity index (χ4n) is 1.76. The maximum Gasteiger partial charge on any atom is 0.188 e. The Morgan fingerprint density at radius 3 is 2.84 bits per heavy atom. The first-order valence-electron chi connectivity index (χ1n) is 5.72. The third-order valence-electron chi connectivity index (χ3n) is 2.71. The number of benzene rings is 2. The molecule has 0 radical (unpaired) electrons. The number of anilines is 2. The zero-order chi connectivity index (χ0) is 13.2. The molecule has 0 spiro atoms. The zero-order valence-corrected chi connectivity index (χ0v) is 12.6. The predicted octanol–water partition coefficient (Wildman–Crippen LogP) is 4.81. The van der Waals surface area contributed by atoms with Crippen molar-refractivity contribution in [2.75, 3.05) is 12.4 Å². The van der Waals surface area contributed by atoms with Crippen molar-refractivity contribution in [2.45, 2.75) is 0 Å². The van der Waals surface area contributed by atoms with Crippen molar-refractivity contribution in [3.8, 4) is 5.75 Å². The summed E-state index contributed by atoms with van der Waals surface area (Å²) in [6.07, 6.45) is 0. The molecule has 3 rings (SSSR count). The van der Waals surface area contributed by atoms with Gasteiger partial charge in [0.15, 0.2) is 5.13 Å². The second kappa shape index (κ2) is 5.19. The van der Waals surface area contributed by atoms with Gasteiger partial charge in [0.05, 0.1) is 23.0 Å². The zero-order valence-electron chi connectivity index (χ0n) is 10.2. The van der Waals surface area contributed by atoms with Crippen molar-refractivity contribution in [3.05, 3.63) is 46.9 Å².